The number of rotatable bonds is 6. The third-order valence-corrected chi connectivity index (χ3v) is 9.97. The molecule has 0 radical (unpaired) electrons. The first-order valence-electron chi connectivity index (χ1n) is 18.7. The molecule has 10 rings (SSSR count). The average Bonchev–Trinajstić information content (AvgIpc) is 4.05. The van der Waals surface area contributed by atoms with Gasteiger partial charge in [0.1, 0.15) is 23.7 Å². The van der Waals surface area contributed by atoms with Crippen LogP contribution in [0.3, 0.4) is 0 Å². The van der Waals surface area contributed by atoms with Crippen LogP contribution in [-0.2, 0) is 25.4 Å². The van der Waals surface area contributed by atoms with E-state index in [0.29, 0.717) is 55.4 Å². The molecule has 0 amide bonds. The fraction of sp³-hybridized carbons (Fsp3) is 0.0952. The van der Waals surface area contributed by atoms with Crippen LogP contribution in [-0.4, -0.2) is 58.1 Å². The Labute approximate surface area is 379 Å². The fourth-order valence-corrected chi connectivity index (χ4v) is 6.93. The van der Waals surface area contributed by atoms with E-state index in [9.17, 15) is 35.9 Å². The molecule has 0 bridgehead atoms. The van der Waals surface area contributed by atoms with Crippen molar-refractivity contribution in [2.45, 2.75) is 25.4 Å². The van der Waals surface area contributed by atoms with E-state index in [2.05, 4.69) is 45.9 Å². The van der Waals surface area contributed by atoms with E-state index >= 15 is 0 Å². The summed E-state index contributed by atoms with van der Waals surface area (Å²) in [4.78, 5) is 56.1. The lowest BCUT2D eigenvalue weighted by atomic mass is 10.1. The van der Waals surface area contributed by atoms with Crippen LogP contribution in [0.4, 0.5) is 26.3 Å². The number of halogens is 6. The lowest BCUT2D eigenvalue weighted by molar-refractivity contribution is -0.138. The van der Waals surface area contributed by atoms with E-state index in [1.165, 1.54) is 58.4 Å². The number of aromatic nitrogens is 12. The van der Waals surface area contributed by atoms with Gasteiger partial charge in [-0.3, -0.25) is 18.3 Å². The third-order valence-electron chi connectivity index (χ3n) is 9.97. The lowest BCUT2D eigenvalue weighted by Crippen LogP contribution is -2.18. The Bertz CT molecular complexity index is 3670. The van der Waals surface area contributed by atoms with Crippen LogP contribution in [0.5, 0.6) is 0 Å². The van der Waals surface area contributed by atoms with Gasteiger partial charge in [0, 0.05) is 0 Å². The molecule has 0 unspecified atom stereocenters. The van der Waals surface area contributed by atoms with E-state index < -0.39 is 34.9 Å². The molecule has 0 aliphatic rings. The van der Waals surface area contributed by atoms with Crippen molar-refractivity contribution >= 4 is 71.4 Å². The molecular formula is C42H28F6N14O2S2. The molecule has 4 aromatic carbocycles. The van der Waals surface area contributed by atoms with Crippen molar-refractivity contribution in [1.29, 1.82) is 10.5 Å². The van der Waals surface area contributed by atoms with Crippen molar-refractivity contribution in [2.24, 2.45) is 0 Å². The Balaban J connectivity index is 0.000000191. The molecule has 0 fully saturated rings. The molecule has 66 heavy (non-hydrogen) atoms. The highest BCUT2D eigenvalue weighted by Crippen LogP contribution is 2.31. The van der Waals surface area contributed by atoms with Crippen molar-refractivity contribution in [2.75, 3.05) is 0 Å². The van der Waals surface area contributed by atoms with E-state index in [4.69, 9.17) is 10.5 Å². The van der Waals surface area contributed by atoms with Gasteiger partial charge in [-0.1, -0.05) is 24.3 Å². The van der Waals surface area contributed by atoms with Gasteiger partial charge in [-0.15, -0.1) is 0 Å². The second-order valence-electron chi connectivity index (χ2n) is 14.1. The van der Waals surface area contributed by atoms with Crippen LogP contribution < -0.4 is 11.4 Å². The Morgan fingerprint density at radius 2 is 1.03 bits per heavy atom. The highest BCUT2D eigenvalue weighted by Gasteiger charge is 2.31. The minimum absolute atomic E-state index is 0. The smallest absolute Gasteiger partial charge is 0.303 e. The Morgan fingerprint density at radius 1 is 0.561 bits per heavy atom. The second kappa shape index (κ2) is 17.7. The molecule has 16 nitrogen and oxygen atoms in total. The highest BCUT2D eigenvalue weighted by atomic mass is 32.1. The molecule has 6 aromatic heterocycles. The molecule has 0 aliphatic heterocycles. The number of alkyl halides is 6. The molecule has 2 N–H and O–H groups in total. The van der Waals surface area contributed by atoms with Crippen LogP contribution in [0.1, 0.15) is 33.4 Å². The van der Waals surface area contributed by atoms with Crippen molar-refractivity contribution in [1.82, 2.24) is 58.1 Å². The van der Waals surface area contributed by atoms with E-state index in [0.717, 1.165) is 24.3 Å². The van der Waals surface area contributed by atoms with Gasteiger partial charge in [0.05, 0.1) is 81.9 Å². The molecular weight excluding hydrogens is 911 g/mol. The maximum Gasteiger partial charge on any atom is 0.416 e. The average molecular weight is 939 g/mol. The van der Waals surface area contributed by atoms with Crippen molar-refractivity contribution in [3.05, 3.63) is 164 Å². The zero-order chi connectivity index (χ0) is 44.9. The summed E-state index contributed by atoms with van der Waals surface area (Å²) < 4.78 is 83.9. The standard InChI is InChI=1S/2C21H12F3N7O.2H2S/c22-21(23,24)14-3-1-2-13(6-14)10-30-18-16(28-20(30)32)9-26-19(29-18)31-11-27-15-7-12(8-25)4-5-17(15)31;22-21(23,24)14-3-1-2-13(6-14)10-30-18-16(28-20(30)32)9-26-19(29-18)31-11-27-15-5-4-12(8-25)7-17(15)31;;/h2*1-7,9,11H,10H2,(H,28,32);2*1H2. The normalized spacial score (nSPS) is 11.5. The lowest BCUT2D eigenvalue weighted by Gasteiger charge is -2.09. The van der Waals surface area contributed by atoms with Crippen LogP contribution in [0.2, 0.25) is 0 Å². The third kappa shape index (κ3) is 8.82. The van der Waals surface area contributed by atoms with Crippen molar-refractivity contribution in [3.8, 4) is 24.0 Å². The summed E-state index contributed by atoms with van der Waals surface area (Å²) in [6.07, 6.45) is -3.13. The van der Waals surface area contributed by atoms with E-state index in [1.807, 2.05) is 6.07 Å². The molecule has 24 heteroatoms. The number of fused-ring (bicyclic) bond motifs is 4. The first-order valence-corrected chi connectivity index (χ1v) is 18.7. The maximum atomic E-state index is 13.0. The Kier molecular flexibility index (Phi) is 12.3. The fourth-order valence-electron chi connectivity index (χ4n) is 6.93. The van der Waals surface area contributed by atoms with Gasteiger partial charge in [0.15, 0.2) is 11.3 Å². The maximum absolute atomic E-state index is 13.0. The molecule has 0 atom stereocenters. The highest BCUT2D eigenvalue weighted by molar-refractivity contribution is 7.59. The minimum atomic E-state index is -4.48. The Hall–Kier alpha value is -8.22. The molecule has 0 aliphatic carbocycles. The first-order chi connectivity index (χ1) is 30.7. The predicted molar refractivity (Wildman–Crippen MR) is 237 cm³/mol. The number of aromatic amines is 2. The van der Waals surface area contributed by atoms with Gasteiger partial charge < -0.3 is 9.97 Å². The number of benzene rings is 4. The largest absolute Gasteiger partial charge is 0.416 e. The van der Waals surface area contributed by atoms with Gasteiger partial charge in [-0.25, -0.2) is 29.5 Å². The van der Waals surface area contributed by atoms with Gasteiger partial charge in [0.25, 0.3) is 0 Å². The van der Waals surface area contributed by atoms with E-state index in [-0.39, 0.29) is 63.3 Å². The quantitative estimate of drug-likeness (QED) is 0.163. The molecule has 0 saturated heterocycles. The van der Waals surface area contributed by atoms with Crippen molar-refractivity contribution in [3.63, 3.8) is 0 Å². The summed E-state index contributed by atoms with van der Waals surface area (Å²) in [5.74, 6) is 0.424. The predicted octanol–water partition coefficient (Wildman–Crippen LogP) is 7.02. The van der Waals surface area contributed by atoms with Crippen LogP contribution >= 0.6 is 27.0 Å². The number of hydrogen-bond donors (Lipinski definition) is 2. The zero-order valence-corrected chi connectivity index (χ0v) is 35.3. The van der Waals surface area contributed by atoms with Gasteiger partial charge in [-0.05, 0) is 71.8 Å². The van der Waals surface area contributed by atoms with Crippen LogP contribution in [0.15, 0.2) is 120 Å². The second-order valence-corrected chi connectivity index (χ2v) is 14.1. The SMILES string of the molecule is N#Cc1ccc2c(c1)ncn2-c1ncc2[nH]c(=O)n(Cc3cccc(C(F)(F)F)c3)c2n1.N#Cc1ccc2ncn(-c3ncc4[nH]c(=O)n(Cc5cccc(C(F)(F)F)c5)c4n3)c2c1.S.S. The number of H-pyrrole nitrogens is 2. The summed E-state index contributed by atoms with van der Waals surface area (Å²) in [6, 6.07) is 23.6. The number of imidazole rings is 4. The number of nitrogens with one attached hydrogen (secondary N) is 2. The van der Waals surface area contributed by atoms with Crippen LogP contribution in [0.25, 0.3) is 56.3 Å². The van der Waals surface area contributed by atoms with Gasteiger partial charge in [0.2, 0.25) is 11.9 Å². The number of nitriles is 2. The van der Waals surface area contributed by atoms with Crippen LogP contribution in [0, 0.1) is 22.7 Å². The molecule has 332 valence electrons. The summed E-state index contributed by atoms with van der Waals surface area (Å²) in [5.41, 5.74) is 2.50. The van der Waals surface area contributed by atoms with Gasteiger partial charge in [-0.2, -0.15) is 73.8 Å². The van der Waals surface area contributed by atoms with Crippen molar-refractivity contribution < 1.29 is 26.3 Å². The topological polar surface area (TPSA) is 210 Å². The summed E-state index contributed by atoms with van der Waals surface area (Å²) in [7, 11) is 0. The number of hydrogen-bond acceptors (Lipinski definition) is 10. The molecule has 10 aromatic rings. The monoisotopic (exact) mass is 938 g/mol. The summed E-state index contributed by atoms with van der Waals surface area (Å²) >= 11 is 0. The zero-order valence-electron chi connectivity index (χ0n) is 33.3. The van der Waals surface area contributed by atoms with Gasteiger partial charge >= 0.3 is 23.7 Å². The molecule has 0 spiro atoms. The first kappa shape index (κ1) is 45.8. The summed E-state index contributed by atoms with van der Waals surface area (Å²) in [6.45, 7) is -0.210. The molecule has 6 heterocycles. The summed E-state index contributed by atoms with van der Waals surface area (Å²) in [5, 5.41) is 18.2. The van der Waals surface area contributed by atoms with E-state index in [1.54, 1.807) is 45.5 Å². The number of nitrogens with zero attached hydrogens (tertiary/aromatic N) is 12. The minimum Gasteiger partial charge on any atom is -0.303 e. The Morgan fingerprint density at radius 3 is 1.53 bits per heavy atom. The molecule has 0 saturated carbocycles.